The van der Waals surface area contributed by atoms with E-state index in [1.807, 2.05) is 32.2 Å². The third-order valence-corrected chi connectivity index (χ3v) is 3.55. The number of likely N-dealkylation sites (N-methyl/N-ethyl adjacent to an activating group) is 1. The number of halogens is 1. The van der Waals surface area contributed by atoms with Crippen LogP contribution in [0.1, 0.15) is 22.7 Å². The molecule has 0 aromatic heterocycles. The molecule has 2 rings (SSSR count). The van der Waals surface area contributed by atoms with Gasteiger partial charge in [-0.1, -0.05) is 18.2 Å². The molecular formula is C17H20FNO. The normalized spacial score (nSPS) is 12.2. The molecule has 0 spiro atoms. The summed E-state index contributed by atoms with van der Waals surface area (Å²) >= 11 is 0. The van der Waals surface area contributed by atoms with Gasteiger partial charge in [0.25, 0.3) is 0 Å². The molecule has 2 aromatic rings. The van der Waals surface area contributed by atoms with Gasteiger partial charge in [0.15, 0.2) is 0 Å². The number of benzene rings is 2. The molecule has 0 fully saturated rings. The summed E-state index contributed by atoms with van der Waals surface area (Å²) < 4.78 is 18.4. The maximum Gasteiger partial charge on any atom is 0.123 e. The van der Waals surface area contributed by atoms with E-state index >= 15 is 0 Å². The van der Waals surface area contributed by atoms with Crippen LogP contribution in [0.4, 0.5) is 4.39 Å². The topological polar surface area (TPSA) is 21.3 Å². The maximum atomic E-state index is 13.2. The van der Waals surface area contributed by atoms with Crippen molar-refractivity contribution in [3.05, 3.63) is 65.0 Å². The summed E-state index contributed by atoms with van der Waals surface area (Å²) in [5.41, 5.74) is 3.32. The quantitative estimate of drug-likeness (QED) is 0.898. The highest BCUT2D eigenvalue weighted by Gasteiger charge is 2.13. The van der Waals surface area contributed by atoms with Crippen LogP contribution in [-0.2, 0) is 6.42 Å². The van der Waals surface area contributed by atoms with Gasteiger partial charge in [-0.15, -0.1) is 0 Å². The van der Waals surface area contributed by atoms with Crippen LogP contribution in [0.3, 0.4) is 0 Å². The number of nitrogens with one attached hydrogen (secondary N) is 1. The zero-order valence-corrected chi connectivity index (χ0v) is 12.1. The first-order valence-electron chi connectivity index (χ1n) is 6.70. The van der Waals surface area contributed by atoms with Gasteiger partial charge in [0.2, 0.25) is 0 Å². The number of ether oxygens (including phenoxy) is 1. The van der Waals surface area contributed by atoms with Gasteiger partial charge >= 0.3 is 0 Å². The lowest BCUT2D eigenvalue weighted by Gasteiger charge is -2.19. The van der Waals surface area contributed by atoms with Crippen LogP contribution in [0.5, 0.6) is 5.75 Å². The standard InChI is InChI=1S/C17H20FNO/c1-12-10-14(18)6-9-16(12)17(19-2)11-13-4-7-15(20-3)8-5-13/h4-10,17,19H,11H2,1-3H3. The van der Waals surface area contributed by atoms with E-state index in [2.05, 4.69) is 17.4 Å². The van der Waals surface area contributed by atoms with E-state index in [-0.39, 0.29) is 11.9 Å². The molecular weight excluding hydrogens is 253 g/mol. The average molecular weight is 273 g/mol. The largest absolute Gasteiger partial charge is 0.497 e. The first-order valence-corrected chi connectivity index (χ1v) is 6.70. The van der Waals surface area contributed by atoms with Crippen LogP contribution >= 0.6 is 0 Å². The Kier molecular flexibility index (Phi) is 4.74. The fourth-order valence-electron chi connectivity index (χ4n) is 2.39. The van der Waals surface area contributed by atoms with Crippen LogP contribution in [0, 0.1) is 12.7 Å². The summed E-state index contributed by atoms with van der Waals surface area (Å²) in [6.07, 6.45) is 0.854. The van der Waals surface area contributed by atoms with Crippen LogP contribution in [0.15, 0.2) is 42.5 Å². The molecule has 0 saturated heterocycles. The minimum atomic E-state index is -0.189. The Balaban J connectivity index is 2.19. The van der Waals surface area contributed by atoms with E-state index in [1.165, 1.54) is 11.6 Å². The van der Waals surface area contributed by atoms with Crippen molar-refractivity contribution in [3.8, 4) is 5.75 Å². The van der Waals surface area contributed by atoms with Gasteiger partial charge in [-0.3, -0.25) is 0 Å². The SMILES string of the molecule is CNC(Cc1ccc(OC)cc1)c1ccc(F)cc1C. The van der Waals surface area contributed by atoms with Crippen molar-refractivity contribution >= 4 is 0 Å². The predicted octanol–water partition coefficient (Wildman–Crippen LogP) is 3.65. The van der Waals surface area contributed by atoms with Crippen molar-refractivity contribution in [3.63, 3.8) is 0 Å². The molecule has 2 nitrogen and oxygen atoms in total. The Bertz CT molecular complexity index is 566. The van der Waals surface area contributed by atoms with E-state index in [0.717, 1.165) is 23.3 Å². The van der Waals surface area contributed by atoms with Crippen LogP contribution in [0.2, 0.25) is 0 Å². The fourth-order valence-corrected chi connectivity index (χ4v) is 2.39. The molecule has 0 heterocycles. The molecule has 0 aliphatic carbocycles. The molecule has 0 aliphatic rings. The number of hydrogen-bond acceptors (Lipinski definition) is 2. The average Bonchev–Trinajstić information content (AvgIpc) is 2.46. The Hall–Kier alpha value is -1.87. The second-order valence-corrected chi connectivity index (χ2v) is 4.89. The molecule has 3 heteroatoms. The van der Waals surface area contributed by atoms with Gasteiger partial charge in [-0.05, 0) is 61.3 Å². The lowest BCUT2D eigenvalue weighted by atomic mass is 9.95. The molecule has 0 aliphatic heterocycles. The third kappa shape index (κ3) is 3.36. The minimum absolute atomic E-state index is 0.170. The summed E-state index contributed by atoms with van der Waals surface area (Å²) in [6.45, 7) is 1.94. The molecule has 0 amide bonds. The van der Waals surface area contributed by atoms with E-state index < -0.39 is 0 Å². The molecule has 20 heavy (non-hydrogen) atoms. The Morgan fingerprint density at radius 3 is 2.40 bits per heavy atom. The fraction of sp³-hybridized carbons (Fsp3) is 0.294. The molecule has 1 atom stereocenters. The Morgan fingerprint density at radius 2 is 1.85 bits per heavy atom. The van der Waals surface area contributed by atoms with Gasteiger partial charge < -0.3 is 10.1 Å². The Morgan fingerprint density at radius 1 is 1.15 bits per heavy atom. The van der Waals surface area contributed by atoms with Gasteiger partial charge in [0, 0.05) is 6.04 Å². The number of methoxy groups -OCH3 is 1. The monoisotopic (exact) mass is 273 g/mol. The molecule has 1 unspecified atom stereocenters. The number of aryl methyl sites for hydroxylation is 1. The second kappa shape index (κ2) is 6.53. The van der Waals surface area contributed by atoms with Gasteiger partial charge in [-0.2, -0.15) is 0 Å². The van der Waals surface area contributed by atoms with Crippen molar-refractivity contribution in [1.29, 1.82) is 0 Å². The number of rotatable bonds is 5. The maximum absolute atomic E-state index is 13.2. The van der Waals surface area contributed by atoms with E-state index in [0.29, 0.717) is 0 Å². The first kappa shape index (κ1) is 14.5. The third-order valence-electron chi connectivity index (χ3n) is 3.55. The first-order chi connectivity index (χ1) is 9.63. The summed E-state index contributed by atoms with van der Waals surface area (Å²) in [5, 5.41) is 3.30. The van der Waals surface area contributed by atoms with Gasteiger partial charge in [0.05, 0.1) is 7.11 Å². The van der Waals surface area contributed by atoms with Crippen molar-refractivity contribution in [2.75, 3.05) is 14.2 Å². The molecule has 0 saturated carbocycles. The lowest BCUT2D eigenvalue weighted by Crippen LogP contribution is -2.19. The van der Waals surface area contributed by atoms with Crippen molar-refractivity contribution in [2.24, 2.45) is 0 Å². The van der Waals surface area contributed by atoms with Gasteiger partial charge in [-0.25, -0.2) is 4.39 Å². The van der Waals surface area contributed by atoms with Crippen LogP contribution in [0.25, 0.3) is 0 Å². The lowest BCUT2D eigenvalue weighted by molar-refractivity contribution is 0.414. The van der Waals surface area contributed by atoms with Crippen molar-refractivity contribution in [1.82, 2.24) is 5.32 Å². The zero-order chi connectivity index (χ0) is 14.5. The molecule has 106 valence electrons. The predicted molar refractivity (Wildman–Crippen MR) is 79.6 cm³/mol. The molecule has 2 aromatic carbocycles. The highest BCUT2D eigenvalue weighted by atomic mass is 19.1. The van der Waals surface area contributed by atoms with E-state index in [4.69, 9.17) is 4.74 Å². The van der Waals surface area contributed by atoms with Crippen molar-refractivity contribution in [2.45, 2.75) is 19.4 Å². The molecule has 0 bridgehead atoms. The zero-order valence-electron chi connectivity index (χ0n) is 12.1. The highest BCUT2D eigenvalue weighted by Crippen LogP contribution is 2.23. The van der Waals surface area contributed by atoms with Crippen LogP contribution in [-0.4, -0.2) is 14.2 Å². The minimum Gasteiger partial charge on any atom is -0.497 e. The smallest absolute Gasteiger partial charge is 0.123 e. The summed E-state index contributed by atoms with van der Waals surface area (Å²) in [7, 11) is 3.59. The Labute approximate surface area is 119 Å². The summed E-state index contributed by atoms with van der Waals surface area (Å²) in [4.78, 5) is 0. The molecule has 1 N–H and O–H groups in total. The van der Waals surface area contributed by atoms with E-state index in [1.54, 1.807) is 13.2 Å². The summed E-state index contributed by atoms with van der Waals surface area (Å²) in [5.74, 6) is 0.665. The van der Waals surface area contributed by atoms with E-state index in [9.17, 15) is 4.39 Å². The number of hydrogen-bond donors (Lipinski definition) is 1. The summed E-state index contributed by atoms with van der Waals surface area (Å²) in [6, 6.07) is 13.1. The molecule has 0 radical (unpaired) electrons. The highest BCUT2D eigenvalue weighted by molar-refractivity contribution is 5.33. The second-order valence-electron chi connectivity index (χ2n) is 4.89. The van der Waals surface area contributed by atoms with Crippen LogP contribution < -0.4 is 10.1 Å². The van der Waals surface area contributed by atoms with Gasteiger partial charge in [0.1, 0.15) is 11.6 Å². The van der Waals surface area contributed by atoms with Crippen molar-refractivity contribution < 1.29 is 9.13 Å².